The van der Waals surface area contributed by atoms with E-state index in [-0.39, 0.29) is 26.3 Å². The highest BCUT2D eigenvalue weighted by molar-refractivity contribution is 6.48. The van der Waals surface area contributed by atoms with Crippen LogP contribution in [0.5, 0.6) is 0 Å². The van der Waals surface area contributed by atoms with Crippen molar-refractivity contribution in [3.8, 4) is 0 Å². The van der Waals surface area contributed by atoms with Crippen LogP contribution >= 0.6 is 34.8 Å². The number of amides is 1. The number of halogens is 6. The molecule has 4 rings (SSSR count). The van der Waals surface area contributed by atoms with Gasteiger partial charge < -0.3 is 15.0 Å². The first-order valence-corrected chi connectivity index (χ1v) is 11.1. The van der Waals surface area contributed by atoms with Crippen molar-refractivity contribution in [2.24, 2.45) is 10.3 Å². The summed E-state index contributed by atoms with van der Waals surface area (Å²) in [6.07, 6.45) is -5.56. The number of hydrogen-bond acceptors (Lipinski definition) is 5. The lowest BCUT2D eigenvalue weighted by Crippen LogP contribution is -2.42. The molecule has 12 heteroatoms. The first-order valence-electron chi connectivity index (χ1n) is 9.99. The van der Waals surface area contributed by atoms with E-state index in [1.807, 2.05) is 0 Å². The lowest BCUT2D eigenvalue weighted by atomic mass is 9.86. The lowest BCUT2D eigenvalue weighted by Gasteiger charge is -2.30. The van der Waals surface area contributed by atoms with Crippen LogP contribution in [0.1, 0.15) is 46.8 Å². The van der Waals surface area contributed by atoms with Crippen LogP contribution in [0.3, 0.4) is 0 Å². The average Bonchev–Trinajstić information content (AvgIpc) is 3.38. The standard InChI is InChI=1S/C22H17Cl3F3N3O3/c1-10-5-12(3-4-14(10)20(32)29-18-6-11(2)30-33-18)17-9-21(34-31-17,22(26,27)28)13-7-15(23)19(25)16(24)8-13/h3-5,7-8,18H,6,9H2,1-2H3,(H,29,32)/t18?,21-/m0/s1. The van der Waals surface area contributed by atoms with Crippen molar-refractivity contribution in [2.45, 2.75) is 44.7 Å². The van der Waals surface area contributed by atoms with Crippen LogP contribution in [0.25, 0.3) is 0 Å². The predicted molar refractivity (Wildman–Crippen MR) is 123 cm³/mol. The van der Waals surface area contributed by atoms with Crippen molar-refractivity contribution >= 4 is 52.1 Å². The number of hydrogen-bond donors (Lipinski definition) is 1. The molecule has 180 valence electrons. The van der Waals surface area contributed by atoms with E-state index in [4.69, 9.17) is 44.5 Å². The number of rotatable bonds is 4. The fourth-order valence-corrected chi connectivity index (χ4v) is 4.34. The zero-order valence-electron chi connectivity index (χ0n) is 17.8. The molecule has 0 aromatic heterocycles. The third kappa shape index (κ3) is 4.44. The van der Waals surface area contributed by atoms with Crippen LogP contribution < -0.4 is 5.32 Å². The van der Waals surface area contributed by atoms with Crippen molar-refractivity contribution in [1.82, 2.24) is 5.32 Å². The highest BCUT2D eigenvalue weighted by atomic mass is 35.5. The van der Waals surface area contributed by atoms with E-state index in [1.54, 1.807) is 19.9 Å². The summed E-state index contributed by atoms with van der Waals surface area (Å²) in [6, 6.07) is 6.72. The van der Waals surface area contributed by atoms with E-state index >= 15 is 0 Å². The van der Waals surface area contributed by atoms with E-state index < -0.39 is 30.3 Å². The summed E-state index contributed by atoms with van der Waals surface area (Å²) in [4.78, 5) is 22.7. The minimum absolute atomic E-state index is 0.0535. The summed E-state index contributed by atoms with van der Waals surface area (Å²) in [7, 11) is 0. The molecule has 0 spiro atoms. The van der Waals surface area contributed by atoms with E-state index in [0.29, 0.717) is 23.1 Å². The molecule has 0 radical (unpaired) electrons. The molecule has 0 bridgehead atoms. The minimum atomic E-state index is -4.84. The molecule has 0 aliphatic carbocycles. The van der Waals surface area contributed by atoms with Gasteiger partial charge in [-0.15, -0.1) is 0 Å². The Morgan fingerprint density at radius 3 is 2.35 bits per heavy atom. The van der Waals surface area contributed by atoms with Crippen LogP contribution in [-0.4, -0.2) is 29.7 Å². The van der Waals surface area contributed by atoms with Crippen LogP contribution in [0.4, 0.5) is 13.2 Å². The Morgan fingerprint density at radius 2 is 1.79 bits per heavy atom. The third-order valence-corrected chi connectivity index (χ3v) is 6.75. The van der Waals surface area contributed by atoms with E-state index in [2.05, 4.69) is 15.6 Å². The zero-order chi connectivity index (χ0) is 24.8. The Morgan fingerprint density at radius 1 is 1.12 bits per heavy atom. The number of carbonyl (C=O) groups is 1. The first-order chi connectivity index (χ1) is 15.9. The number of nitrogens with zero attached hydrogens (tertiary/aromatic N) is 2. The van der Waals surface area contributed by atoms with Gasteiger partial charge in [-0.2, -0.15) is 13.2 Å². The van der Waals surface area contributed by atoms with Crippen molar-refractivity contribution < 1.29 is 27.6 Å². The zero-order valence-corrected chi connectivity index (χ0v) is 20.0. The summed E-state index contributed by atoms with van der Waals surface area (Å²) >= 11 is 17.8. The average molecular weight is 535 g/mol. The first kappa shape index (κ1) is 24.6. The van der Waals surface area contributed by atoms with Gasteiger partial charge in [0.2, 0.25) is 6.23 Å². The van der Waals surface area contributed by atoms with Crippen molar-refractivity contribution in [3.63, 3.8) is 0 Å². The number of carbonyl (C=O) groups excluding carboxylic acids is 1. The molecular formula is C22H17Cl3F3N3O3. The minimum Gasteiger partial charge on any atom is -0.374 e. The SMILES string of the molecule is CC1=NOC(NC(=O)c2ccc(C3=NO[C@@](c4cc(Cl)c(Cl)c(Cl)c4)(C(F)(F)F)C3)cc2C)C1. The fourth-order valence-electron chi connectivity index (χ4n) is 3.74. The molecule has 0 saturated carbocycles. The maximum Gasteiger partial charge on any atom is 0.435 e. The summed E-state index contributed by atoms with van der Waals surface area (Å²) in [5.74, 6) is -0.390. The van der Waals surface area contributed by atoms with Gasteiger partial charge in [0.25, 0.3) is 11.5 Å². The molecule has 2 aliphatic heterocycles. The number of alkyl halides is 3. The molecule has 2 aromatic carbocycles. The van der Waals surface area contributed by atoms with Gasteiger partial charge in [0.15, 0.2) is 0 Å². The summed E-state index contributed by atoms with van der Waals surface area (Å²) < 4.78 is 42.7. The smallest absolute Gasteiger partial charge is 0.374 e. The highest BCUT2D eigenvalue weighted by Crippen LogP contribution is 2.50. The van der Waals surface area contributed by atoms with Gasteiger partial charge in [-0.1, -0.05) is 51.2 Å². The van der Waals surface area contributed by atoms with E-state index in [1.165, 1.54) is 12.1 Å². The molecule has 2 heterocycles. The molecule has 0 saturated heterocycles. The topological polar surface area (TPSA) is 72.3 Å². The van der Waals surface area contributed by atoms with E-state index in [0.717, 1.165) is 17.8 Å². The van der Waals surface area contributed by atoms with Gasteiger partial charge in [-0.25, -0.2) is 0 Å². The molecule has 1 N–H and O–H groups in total. The van der Waals surface area contributed by atoms with Crippen LogP contribution in [-0.2, 0) is 15.3 Å². The summed E-state index contributed by atoms with van der Waals surface area (Å²) in [5, 5.41) is 9.90. The second-order valence-corrected chi connectivity index (χ2v) is 9.20. The van der Waals surface area contributed by atoms with Gasteiger partial charge in [0.05, 0.1) is 26.5 Å². The molecule has 1 unspecified atom stereocenters. The van der Waals surface area contributed by atoms with Gasteiger partial charge >= 0.3 is 6.18 Å². The van der Waals surface area contributed by atoms with E-state index in [9.17, 15) is 18.0 Å². The molecule has 2 aromatic rings. The third-order valence-electron chi connectivity index (χ3n) is 5.55. The highest BCUT2D eigenvalue weighted by Gasteiger charge is 2.62. The van der Waals surface area contributed by atoms with Crippen LogP contribution in [0, 0.1) is 6.92 Å². The quantitative estimate of drug-likeness (QED) is 0.462. The molecule has 2 atom stereocenters. The normalized spacial score (nSPS) is 22.1. The number of oxime groups is 2. The van der Waals surface area contributed by atoms with Crippen LogP contribution in [0.15, 0.2) is 40.6 Å². The fraction of sp³-hybridized carbons (Fsp3) is 0.318. The number of benzene rings is 2. The maximum absolute atomic E-state index is 14.2. The van der Waals surface area contributed by atoms with Crippen LogP contribution in [0.2, 0.25) is 15.1 Å². The van der Waals surface area contributed by atoms with Crippen molar-refractivity contribution in [1.29, 1.82) is 0 Å². The second kappa shape index (κ2) is 8.94. The Balaban J connectivity index is 1.59. The van der Waals surface area contributed by atoms with Gasteiger partial charge in [-0.3, -0.25) is 4.79 Å². The Bertz CT molecular complexity index is 1210. The Kier molecular flexibility index (Phi) is 6.48. The Labute approximate surface area is 207 Å². The monoisotopic (exact) mass is 533 g/mol. The number of nitrogens with one attached hydrogen (secondary N) is 1. The molecule has 1 amide bonds. The largest absolute Gasteiger partial charge is 0.435 e. The molecule has 6 nitrogen and oxygen atoms in total. The summed E-state index contributed by atoms with van der Waals surface area (Å²) in [6.45, 7) is 3.45. The Hall–Kier alpha value is -2.49. The molecule has 0 fully saturated rings. The predicted octanol–water partition coefficient (Wildman–Crippen LogP) is 6.39. The second-order valence-electron chi connectivity index (χ2n) is 8.01. The van der Waals surface area contributed by atoms with Gasteiger partial charge in [-0.05, 0) is 49.2 Å². The van der Waals surface area contributed by atoms with Gasteiger partial charge in [0.1, 0.15) is 0 Å². The number of aryl methyl sites for hydroxylation is 1. The van der Waals surface area contributed by atoms with Crippen molar-refractivity contribution in [3.05, 3.63) is 67.7 Å². The van der Waals surface area contributed by atoms with Crippen molar-refractivity contribution in [2.75, 3.05) is 0 Å². The molecule has 34 heavy (non-hydrogen) atoms. The van der Waals surface area contributed by atoms with Gasteiger partial charge in [0, 0.05) is 24.0 Å². The summed E-state index contributed by atoms with van der Waals surface area (Å²) in [5.41, 5.74) is -1.04. The maximum atomic E-state index is 14.2. The molecule has 2 aliphatic rings. The molecular weight excluding hydrogens is 518 g/mol. The lowest BCUT2D eigenvalue weighted by molar-refractivity contribution is -0.275.